The van der Waals surface area contributed by atoms with E-state index < -0.39 is 0 Å². The molecule has 0 saturated carbocycles. The molecule has 0 atom stereocenters. The molecule has 0 aliphatic carbocycles. The molecule has 1 aliphatic heterocycles. The second-order valence-corrected chi connectivity index (χ2v) is 3.31. The van der Waals surface area contributed by atoms with Gasteiger partial charge in [0.15, 0.2) is 0 Å². The summed E-state index contributed by atoms with van der Waals surface area (Å²) in [5.74, 6) is 0. The zero-order valence-electron chi connectivity index (χ0n) is 8.05. The Bertz CT molecular complexity index is 132. The minimum absolute atomic E-state index is 1.14. The van der Waals surface area contributed by atoms with Gasteiger partial charge in [0.1, 0.15) is 0 Å². The molecule has 0 spiro atoms. The zero-order chi connectivity index (χ0) is 8.65. The van der Waals surface area contributed by atoms with Crippen LogP contribution in [-0.2, 0) is 0 Å². The Balaban J connectivity index is 1.95. The first-order valence-electron chi connectivity index (χ1n) is 5.01. The fourth-order valence-electron chi connectivity index (χ4n) is 1.43. The molecule has 2 heteroatoms. The van der Waals surface area contributed by atoms with Gasteiger partial charge >= 0.3 is 0 Å². The summed E-state index contributed by atoms with van der Waals surface area (Å²) in [6, 6.07) is 0. The number of rotatable bonds is 5. The molecule has 0 aromatic carbocycles. The van der Waals surface area contributed by atoms with E-state index >= 15 is 0 Å². The first-order valence-corrected chi connectivity index (χ1v) is 5.01. The van der Waals surface area contributed by atoms with Gasteiger partial charge in [-0.25, -0.2) is 0 Å². The maximum absolute atomic E-state index is 3.42. The van der Waals surface area contributed by atoms with E-state index in [0.29, 0.717) is 0 Å². The lowest BCUT2D eigenvalue weighted by Gasteiger charge is -2.22. The van der Waals surface area contributed by atoms with Gasteiger partial charge in [0.25, 0.3) is 0 Å². The monoisotopic (exact) mass is 168 g/mol. The van der Waals surface area contributed by atoms with E-state index in [0.717, 1.165) is 19.6 Å². The second kappa shape index (κ2) is 6.21. The molecule has 70 valence electrons. The number of nitrogens with one attached hydrogen (secondary N) is 1. The molecular formula is C10H20N2. The van der Waals surface area contributed by atoms with E-state index in [1.165, 1.54) is 25.9 Å². The summed E-state index contributed by atoms with van der Waals surface area (Å²) >= 11 is 0. The van der Waals surface area contributed by atoms with Gasteiger partial charge < -0.3 is 5.32 Å². The summed E-state index contributed by atoms with van der Waals surface area (Å²) in [5, 5.41) is 3.42. The largest absolute Gasteiger partial charge is 0.315 e. The highest BCUT2D eigenvalue weighted by molar-refractivity contribution is 4.90. The van der Waals surface area contributed by atoms with Crippen molar-refractivity contribution in [2.45, 2.75) is 19.8 Å². The highest BCUT2D eigenvalue weighted by Crippen LogP contribution is 1.98. The van der Waals surface area contributed by atoms with Crippen molar-refractivity contribution in [3.8, 4) is 0 Å². The topological polar surface area (TPSA) is 15.3 Å². The normalized spacial score (nSPS) is 18.4. The summed E-state index contributed by atoms with van der Waals surface area (Å²) in [7, 11) is 0. The van der Waals surface area contributed by atoms with Crippen LogP contribution in [0.15, 0.2) is 12.2 Å². The molecule has 0 saturated heterocycles. The Morgan fingerprint density at radius 3 is 2.92 bits per heavy atom. The molecule has 1 N–H and O–H groups in total. The molecule has 0 amide bonds. The van der Waals surface area contributed by atoms with Crippen LogP contribution in [0, 0.1) is 0 Å². The minimum Gasteiger partial charge on any atom is -0.315 e. The molecule has 1 rings (SSSR count). The van der Waals surface area contributed by atoms with Crippen molar-refractivity contribution < 1.29 is 0 Å². The summed E-state index contributed by atoms with van der Waals surface area (Å²) in [6.45, 7) is 8.09. The van der Waals surface area contributed by atoms with Gasteiger partial charge in [-0.3, -0.25) is 4.90 Å². The number of hydrogen-bond donors (Lipinski definition) is 1. The first-order chi connectivity index (χ1) is 5.93. The van der Waals surface area contributed by atoms with Crippen molar-refractivity contribution >= 4 is 0 Å². The van der Waals surface area contributed by atoms with Crippen LogP contribution in [-0.4, -0.2) is 37.6 Å². The van der Waals surface area contributed by atoms with Crippen LogP contribution < -0.4 is 5.32 Å². The van der Waals surface area contributed by atoms with Gasteiger partial charge in [0.2, 0.25) is 0 Å². The Labute approximate surface area is 75.6 Å². The molecule has 0 unspecified atom stereocenters. The van der Waals surface area contributed by atoms with E-state index in [2.05, 4.69) is 29.3 Å². The smallest absolute Gasteiger partial charge is 0.0163 e. The van der Waals surface area contributed by atoms with Gasteiger partial charge in [0, 0.05) is 26.2 Å². The van der Waals surface area contributed by atoms with Gasteiger partial charge in [-0.05, 0) is 19.4 Å². The Kier molecular flexibility index (Phi) is 5.04. The van der Waals surface area contributed by atoms with Crippen LogP contribution in [0.2, 0.25) is 0 Å². The van der Waals surface area contributed by atoms with Crippen LogP contribution in [0.25, 0.3) is 0 Å². The van der Waals surface area contributed by atoms with Gasteiger partial charge in [-0.1, -0.05) is 19.1 Å². The molecule has 0 aromatic heterocycles. The molecule has 0 aromatic rings. The molecular weight excluding hydrogens is 148 g/mol. The summed E-state index contributed by atoms with van der Waals surface area (Å²) in [5.41, 5.74) is 0. The van der Waals surface area contributed by atoms with Crippen molar-refractivity contribution in [1.82, 2.24) is 10.2 Å². The average Bonchev–Trinajstić information content (AvgIpc) is 2.14. The molecule has 0 bridgehead atoms. The standard InChI is InChI=1S/C10H20N2/c1-2-6-11-7-10-12-8-4-3-5-9-12/h3-4,11H,2,5-10H2,1H3. The SMILES string of the molecule is CCCNCCN1CC=CCC1. The molecule has 0 fully saturated rings. The van der Waals surface area contributed by atoms with E-state index in [9.17, 15) is 0 Å². The summed E-state index contributed by atoms with van der Waals surface area (Å²) in [6.07, 6.45) is 7.01. The van der Waals surface area contributed by atoms with Crippen molar-refractivity contribution in [1.29, 1.82) is 0 Å². The molecule has 1 aliphatic rings. The molecule has 2 nitrogen and oxygen atoms in total. The van der Waals surface area contributed by atoms with Crippen LogP contribution in [0.1, 0.15) is 19.8 Å². The zero-order valence-corrected chi connectivity index (χ0v) is 8.05. The minimum atomic E-state index is 1.14. The van der Waals surface area contributed by atoms with Crippen molar-refractivity contribution in [3.05, 3.63) is 12.2 Å². The first kappa shape index (κ1) is 9.75. The highest BCUT2D eigenvalue weighted by atomic mass is 15.1. The van der Waals surface area contributed by atoms with Gasteiger partial charge in [0.05, 0.1) is 0 Å². The fourth-order valence-corrected chi connectivity index (χ4v) is 1.43. The Morgan fingerprint density at radius 2 is 2.25 bits per heavy atom. The van der Waals surface area contributed by atoms with E-state index in [1.54, 1.807) is 0 Å². The predicted molar refractivity (Wildman–Crippen MR) is 53.4 cm³/mol. The van der Waals surface area contributed by atoms with Gasteiger partial charge in [-0.2, -0.15) is 0 Å². The Morgan fingerprint density at radius 1 is 1.33 bits per heavy atom. The summed E-state index contributed by atoms with van der Waals surface area (Å²) in [4.78, 5) is 2.49. The average molecular weight is 168 g/mol. The molecule has 1 heterocycles. The lowest BCUT2D eigenvalue weighted by molar-refractivity contribution is 0.297. The van der Waals surface area contributed by atoms with Crippen LogP contribution in [0.3, 0.4) is 0 Å². The highest BCUT2D eigenvalue weighted by Gasteiger charge is 2.03. The third-order valence-electron chi connectivity index (χ3n) is 2.17. The van der Waals surface area contributed by atoms with Crippen LogP contribution in [0.4, 0.5) is 0 Å². The van der Waals surface area contributed by atoms with Crippen molar-refractivity contribution in [2.75, 3.05) is 32.7 Å². The van der Waals surface area contributed by atoms with Crippen molar-refractivity contribution in [3.63, 3.8) is 0 Å². The quantitative estimate of drug-likeness (QED) is 0.491. The van der Waals surface area contributed by atoms with Crippen LogP contribution in [0.5, 0.6) is 0 Å². The van der Waals surface area contributed by atoms with Gasteiger partial charge in [-0.15, -0.1) is 0 Å². The predicted octanol–water partition coefficient (Wildman–Crippen LogP) is 1.25. The number of hydrogen-bond acceptors (Lipinski definition) is 2. The van der Waals surface area contributed by atoms with E-state index in [1.807, 2.05) is 0 Å². The third-order valence-corrected chi connectivity index (χ3v) is 2.17. The van der Waals surface area contributed by atoms with Crippen LogP contribution >= 0.6 is 0 Å². The maximum atomic E-state index is 3.42. The van der Waals surface area contributed by atoms with E-state index in [4.69, 9.17) is 0 Å². The maximum Gasteiger partial charge on any atom is 0.0163 e. The number of nitrogens with zero attached hydrogens (tertiary/aromatic N) is 1. The molecule has 0 radical (unpaired) electrons. The van der Waals surface area contributed by atoms with E-state index in [-0.39, 0.29) is 0 Å². The third kappa shape index (κ3) is 3.88. The van der Waals surface area contributed by atoms with Crippen molar-refractivity contribution in [2.24, 2.45) is 0 Å². The lowest BCUT2D eigenvalue weighted by Crippen LogP contribution is -2.34. The summed E-state index contributed by atoms with van der Waals surface area (Å²) < 4.78 is 0. The Hall–Kier alpha value is -0.340. The fraction of sp³-hybridized carbons (Fsp3) is 0.800. The second-order valence-electron chi connectivity index (χ2n) is 3.31. The lowest BCUT2D eigenvalue weighted by atomic mass is 10.2. The molecule has 12 heavy (non-hydrogen) atoms.